The first-order valence-electron chi connectivity index (χ1n) is 9.93. The van der Waals surface area contributed by atoms with Gasteiger partial charge >= 0.3 is 5.97 Å². The van der Waals surface area contributed by atoms with E-state index in [1.807, 2.05) is 42.5 Å². The summed E-state index contributed by atoms with van der Waals surface area (Å²) in [5.41, 5.74) is 3.38. The highest BCUT2D eigenvalue weighted by atomic mass is 32.1. The van der Waals surface area contributed by atoms with Gasteiger partial charge in [-0.15, -0.1) is 0 Å². The molecule has 1 atom stereocenters. The molecule has 1 aromatic heterocycles. The Balaban J connectivity index is 1.45. The van der Waals surface area contributed by atoms with Gasteiger partial charge in [-0.2, -0.15) is 0 Å². The SMILES string of the molecule is O=C(/C=C1\C[C@H](c2ccccc2)c2c(sc3ccccc23)O1)OCc1ccccc1. The van der Waals surface area contributed by atoms with Crippen LogP contribution in [0.1, 0.15) is 29.0 Å². The predicted octanol–water partition coefficient (Wildman–Crippen LogP) is 6.44. The lowest BCUT2D eigenvalue weighted by Crippen LogP contribution is -2.14. The second-order valence-corrected chi connectivity index (χ2v) is 8.29. The van der Waals surface area contributed by atoms with E-state index in [4.69, 9.17) is 9.47 Å². The Labute approximate surface area is 179 Å². The summed E-state index contributed by atoms with van der Waals surface area (Å²) in [6.45, 7) is 0.250. The molecule has 3 aromatic carbocycles. The first-order chi connectivity index (χ1) is 14.8. The smallest absolute Gasteiger partial charge is 0.334 e. The van der Waals surface area contributed by atoms with Crippen molar-refractivity contribution >= 4 is 27.4 Å². The van der Waals surface area contributed by atoms with E-state index in [0.29, 0.717) is 12.2 Å². The molecule has 1 aliphatic rings. The number of hydrogen-bond acceptors (Lipinski definition) is 4. The minimum atomic E-state index is -0.384. The van der Waals surface area contributed by atoms with E-state index in [2.05, 4.69) is 42.5 Å². The van der Waals surface area contributed by atoms with Crippen molar-refractivity contribution in [2.45, 2.75) is 18.9 Å². The summed E-state index contributed by atoms with van der Waals surface area (Å²) in [6, 6.07) is 28.4. The third kappa shape index (κ3) is 3.74. The normalized spacial score (nSPS) is 16.8. The molecule has 0 amide bonds. The average Bonchev–Trinajstić information content (AvgIpc) is 3.17. The Morgan fingerprint density at radius 1 is 0.967 bits per heavy atom. The van der Waals surface area contributed by atoms with Crippen LogP contribution in [0.25, 0.3) is 10.1 Å². The van der Waals surface area contributed by atoms with Crippen LogP contribution in [-0.4, -0.2) is 5.97 Å². The third-order valence-electron chi connectivity index (χ3n) is 5.28. The van der Waals surface area contributed by atoms with Gasteiger partial charge in [0.25, 0.3) is 0 Å². The Kier molecular flexibility index (Phi) is 5.08. The summed E-state index contributed by atoms with van der Waals surface area (Å²) < 4.78 is 12.8. The zero-order valence-corrected chi connectivity index (χ0v) is 17.1. The van der Waals surface area contributed by atoms with E-state index < -0.39 is 0 Å². The fourth-order valence-electron chi connectivity index (χ4n) is 3.87. The fourth-order valence-corrected chi connectivity index (χ4v) is 5.02. The molecule has 2 heterocycles. The molecule has 0 spiro atoms. The van der Waals surface area contributed by atoms with Gasteiger partial charge in [0, 0.05) is 28.0 Å². The summed E-state index contributed by atoms with van der Waals surface area (Å²) in [4.78, 5) is 12.4. The van der Waals surface area contributed by atoms with Crippen molar-refractivity contribution in [3.63, 3.8) is 0 Å². The van der Waals surface area contributed by atoms with Crippen molar-refractivity contribution in [3.8, 4) is 5.06 Å². The number of rotatable bonds is 4. The number of carbonyl (C=O) groups is 1. The van der Waals surface area contributed by atoms with Crippen LogP contribution in [0, 0.1) is 0 Å². The lowest BCUT2D eigenvalue weighted by atomic mass is 9.86. The summed E-state index contributed by atoms with van der Waals surface area (Å²) in [7, 11) is 0. The standard InChI is InChI=1S/C26H20O3S/c27-24(28-17-18-9-3-1-4-10-18)16-20-15-22(19-11-5-2-6-12-19)25-21-13-7-8-14-23(21)30-26(25)29-20/h1-14,16,22H,15,17H2/b20-16+/t22-/m1/s1. The van der Waals surface area contributed by atoms with E-state index in [0.717, 1.165) is 10.6 Å². The Hall–Kier alpha value is -3.37. The maximum Gasteiger partial charge on any atom is 0.334 e. The Morgan fingerprint density at radius 3 is 2.47 bits per heavy atom. The molecular formula is C26H20O3S. The number of esters is 1. The van der Waals surface area contributed by atoms with Gasteiger partial charge in [0.15, 0.2) is 5.06 Å². The van der Waals surface area contributed by atoms with Gasteiger partial charge in [-0.1, -0.05) is 90.2 Å². The largest absolute Gasteiger partial charge is 0.458 e. The molecule has 3 nitrogen and oxygen atoms in total. The van der Waals surface area contributed by atoms with Gasteiger partial charge in [-0.25, -0.2) is 4.79 Å². The molecule has 0 N–H and O–H groups in total. The zero-order chi connectivity index (χ0) is 20.3. The van der Waals surface area contributed by atoms with Gasteiger partial charge in [-0.3, -0.25) is 0 Å². The van der Waals surface area contributed by atoms with Crippen molar-refractivity contribution in [1.82, 2.24) is 0 Å². The number of fused-ring (bicyclic) bond motifs is 3. The number of ether oxygens (including phenoxy) is 2. The quantitative estimate of drug-likeness (QED) is 0.286. The maximum atomic E-state index is 12.4. The van der Waals surface area contributed by atoms with Gasteiger partial charge < -0.3 is 9.47 Å². The molecule has 5 rings (SSSR count). The van der Waals surface area contributed by atoms with E-state index in [-0.39, 0.29) is 18.5 Å². The van der Waals surface area contributed by atoms with Gasteiger partial charge in [0.2, 0.25) is 0 Å². The van der Waals surface area contributed by atoms with Crippen LogP contribution in [-0.2, 0) is 16.1 Å². The van der Waals surface area contributed by atoms with Crippen LogP contribution in [0.5, 0.6) is 5.06 Å². The molecule has 0 aliphatic carbocycles. The topological polar surface area (TPSA) is 35.5 Å². The molecule has 4 heteroatoms. The summed E-state index contributed by atoms with van der Waals surface area (Å²) >= 11 is 1.62. The van der Waals surface area contributed by atoms with E-state index >= 15 is 0 Å². The molecular weight excluding hydrogens is 392 g/mol. The average molecular weight is 413 g/mol. The first kappa shape index (κ1) is 18.6. The lowest BCUT2D eigenvalue weighted by Gasteiger charge is -2.25. The van der Waals surface area contributed by atoms with Gasteiger partial charge in [0.1, 0.15) is 12.4 Å². The van der Waals surface area contributed by atoms with E-state index in [9.17, 15) is 4.79 Å². The van der Waals surface area contributed by atoms with Crippen LogP contribution in [0.3, 0.4) is 0 Å². The highest BCUT2D eigenvalue weighted by Crippen LogP contribution is 2.50. The molecule has 0 bridgehead atoms. The maximum absolute atomic E-state index is 12.4. The zero-order valence-electron chi connectivity index (χ0n) is 16.3. The molecule has 1 aliphatic heterocycles. The second kappa shape index (κ2) is 8.17. The fraction of sp³-hybridized carbons (Fsp3) is 0.115. The van der Waals surface area contributed by atoms with Gasteiger partial charge in [0.05, 0.1) is 6.08 Å². The third-order valence-corrected chi connectivity index (χ3v) is 6.35. The second-order valence-electron chi connectivity index (χ2n) is 7.27. The van der Waals surface area contributed by atoms with Crippen LogP contribution in [0.4, 0.5) is 0 Å². The minimum Gasteiger partial charge on any atom is -0.458 e. The first-order valence-corrected chi connectivity index (χ1v) is 10.7. The monoisotopic (exact) mass is 412 g/mol. The highest BCUT2D eigenvalue weighted by Gasteiger charge is 2.30. The van der Waals surface area contributed by atoms with E-state index in [1.165, 1.54) is 27.3 Å². The van der Waals surface area contributed by atoms with Crippen LogP contribution >= 0.6 is 11.3 Å². The molecule has 4 aromatic rings. The van der Waals surface area contributed by atoms with Crippen molar-refractivity contribution in [3.05, 3.63) is 113 Å². The number of hydrogen-bond donors (Lipinski definition) is 0. The summed E-state index contributed by atoms with van der Waals surface area (Å²) in [5, 5.41) is 2.08. The van der Waals surface area contributed by atoms with Crippen molar-refractivity contribution in [2.24, 2.45) is 0 Å². The number of thiophene rings is 1. The Morgan fingerprint density at radius 2 is 1.67 bits per heavy atom. The molecule has 0 radical (unpaired) electrons. The molecule has 30 heavy (non-hydrogen) atoms. The van der Waals surface area contributed by atoms with E-state index in [1.54, 1.807) is 11.3 Å². The minimum absolute atomic E-state index is 0.138. The summed E-state index contributed by atoms with van der Waals surface area (Å²) in [5.74, 6) is 0.394. The van der Waals surface area contributed by atoms with Crippen LogP contribution < -0.4 is 4.74 Å². The summed E-state index contributed by atoms with van der Waals surface area (Å²) in [6.07, 6.45) is 2.12. The lowest BCUT2D eigenvalue weighted by molar-refractivity contribution is -0.139. The number of carbonyl (C=O) groups excluding carboxylic acids is 1. The number of allylic oxidation sites excluding steroid dienone is 1. The number of benzene rings is 3. The van der Waals surface area contributed by atoms with Crippen molar-refractivity contribution in [2.75, 3.05) is 0 Å². The predicted molar refractivity (Wildman–Crippen MR) is 120 cm³/mol. The van der Waals surface area contributed by atoms with Crippen LogP contribution in [0.15, 0.2) is 96.8 Å². The van der Waals surface area contributed by atoms with Crippen molar-refractivity contribution in [1.29, 1.82) is 0 Å². The molecule has 0 saturated carbocycles. The van der Waals surface area contributed by atoms with Crippen LogP contribution in [0.2, 0.25) is 0 Å². The van der Waals surface area contributed by atoms with Crippen molar-refractivity contribution < 1.29 is 14.3 Å². The Bertz CT molecular complexity index is 1210. The molecule has 0 unspecified atom stereocenters. The molecule has 0 fully saturated rings. The van der Waals surface area contributed by atoms with Gasteiger partial charge in [-0.05, 0) is 17.2 Å². The molecule has 148 valence electrons. The molecule has 0 saturated heterocycles. The highest BCUT2D eigenvalue weighted by molar-refractivity contribution is 7.21.